The maximum Gasteiger partial charge on any atom is 0.405 e. The predicted molar refractivity (Wildman–Crippen MR) is 42.0 cm³/mol. The third-order valence-electron chi connectivity index (χ3n) is 1.08. The highest BCUT2D eigenvalue weighted by Crippen LogP contribution is 2.19. The molecule has 0 atom stereocenters. The Bertz CT molecular complexity index is 296. The topological polar surface area (TPSA) is 42.0 Å². The lowest BCUT2D eigenvalue weighted by molar-refractivity contribution is -0.115. The number of aromatic nitrogens is 1. The highest BCUT2D eigenvalue weighted by Gasteiger charge is 2.26. The number of carbonyl (C=O) groups is 1. The highest BCUT2D eigenvalue weighted by molar-refractivity contribution is 7.17. The van der Waals surface area contributed by atoms with Gasteiger partial charge in [-0.3, -0.25) is 4.79 Å². The molecule has 0 spiro atoms. The van der Waals surface area contributed by atoms with Crippen LogP contribution in [0.3, 0.4) is 0 Å². The molecule has 0 fully saturated rings. The van der Waals surface area contributed by atoms with Crippen LogP contribution in [0.2, 0.25) is 0 Å². The zero-order chi connectivity index (χ0) is 9.90. The van der Waals surface area contributed by atoms with E-state index in [9.17, 15) is 18.0 Å². The summed E-state index contributed by atoms with van der Waals surface area (Å²) in [6, 6.07) is 0. The van der Waals surface area contributed by atoms with Crippen molar-refractivity contribution in [2.75, 3.05) is 11.9 Å². The zero-order valence-electron chi connectivity index (χ0n) is 6.26. The first-order valence-electron chi connectivity index (χ1n) is 3.23. The number of hydrogen-bond donors (Lipinski definition) is 1. The molecule has 1 rings (SSSR count). The Hall–Kier alpha value is -1.11. The van der Waals surface area contributed by atoms with E-state index in [0.717, 1.165) is 11.3 Å². The summed E-state index contributed by atoms with van der Waals surface area (Å²) in [7, 11) is 0. The van der Waals surface area contributed by atoms with E-state index < -0.39 is 12.7 Å². The van der Waals surface area contributed by atoms with Crippen molar-refractivity contribution in [1.29, 1.82) is 0 Å². The summed E-state index contributed by atoms with van der Waals surface area (Å²) in [4.78, 5) is 14.0. The van der Waals surface area contributed by atoms with Crippen LogP contribution in [0.25, 0.3) is 0 Å². The SMILES string of the molecule is O=Cc1cnc(NCC(F)(F)F)s1. The average molecular weight is 210 g/mol. The molecule has 0 saturated carbocycles. The first-order chi connectivity index (χ1) is 6.01. The Labute approximate surface area is 75.6 Å². The molecule has 0 aliphatic rings. The van der Waals surface area contributed by atoms with Gasteiger partial charge in [0.05, 0.1) is 11.1 Å². The minimum Gasteiger partial charge on any atom is -0.352 e. The lowest BCUT2D eigenvalue weighted by Gasteiger charge is -2.05. The summed E-state index contributed by atoms with van der Waals surface area (Å²) in [5, 5.41) is 2.16. The van der Waals surface area contributed by atoms with Crippen molar-refractivity contribution in [2.45, 2.75) is 6.18 Å². The molecule has 1 aromatic heterocycles. The summed E-state index contributed by atoms with van der Waals surface area (Å²) in [6.45, 7) is -1.14. The maximum absolute atomic E-state index is 11.7. The molecule has 0 saturated heterocycles. The van der Waals surface area contributed by atoms with E-state index in [0.29, 0.717) is 11.2 Å². The van der Waals surface area contributed by atoms with Crippen LogP contribution in [-0.2, 0) is 0 Å². The second-order valence-corrected chi connectivity index (χ2v) is 3.22. The van der Waals surface area contributed by atoms with E-state index in [1.165, 1.54) is 6.20 Å². The van der Waals surface area contributed by atoms with Crippen LogP contribution >= 0.6 is 11.3 Å². The van der Waals surface area contributed by atoms with Crippen LogP contribution in [0.4, 0.5) is 18.3 Å². The number of anilines is 1. The molecule has 0 aromatic carbocycles. The summed E-state index contributed by atoms with van der Waals surface area (Å²) in [6.07, 6.45) is -2.51. The average Bonchev–Trinajstić information content (AvgIpc) is 2.47. The summed E-state index contributed by atoms with van der Waals surface area (Å²) in [5.74, 6) is 0. The molecule has 7 heteroatoms. The number of hydrogen-bond acceptors (Lipinski definition) is 4. The highest BCUT2D eigenvalue weighted by atomic mass is 32.1. The van der Waals surface area contributed by atoms with Crippen LogP contribution < -0.4 is 5.32 Å². The number of aldehydes is 1. The van der Waals surface area contributed by atoms with Gasteiger partial charge in [0.1, 0.15) is 6.54 Å². The van der Waals surface area contributed by atoms with Gasteiger partial charge in [-0.15, -0.1) is 0 Å². The second-order valence-electron chi connectivity index (χ2n) is 2.15. The van der Waals surface area contributed by atoms with Crippen molar-refractivity contribution in [1.82, 2.24) is 4.98 Å². The molecule has 0 aliphatic heterocycles. The maximum atomic E-state index is 11.7. The molecular weight excluding hydrogens is 205 g/mol. The number of nitrogens with one attached hydrogen (secondary N) is 1. The number of halogens is 3. The fourth-order valence-corrected chi connectivity index (χ4v) is 1.23. The number of carbonyl (C=O) groups excluding carboxylic acids is 1. The molecule has 0 unspecified atom stereocenters. The Balaban J connectivity index is 2.50. The first kappa shape index (κ1) is 9.97. The second kappa shape index (κ2) is 3.73. The minimum absolute atomic E-state index is 0.0967. The summed E-state index contributed by atoms with van der Waals surface area (Å²) in [5.41, 5.74) is 0. The lowest BCUT2D eigenvalue weighted by Crippen LogP contribution is -2.21. The van der Waals surface area contributed by atoms with Crippen LogP contribution in [0.5, 0.6) is 0 Å². The monoisotopic (exact) mass is 210 g/mol. The fourth-order valence-electron chi connectivity index (χ4n) is 0.599. The van der Waals surface area contributed by atoms with E-state index in [2.05, 4.69) is 10.3 Å². The van der Waals surface area contributed by atoms with Crippen LogP contribution in [0, 0.1) is 0 Å². The molecule has 1 N–H and O–H groups in total. The quantitative estimate of drug-likeness (QED) is 0.775. The van der Waals surface area contributed by atoms with Crippen molar-refractivity contribution < 1.29 is 18.0 Å². The van der Waals surface area contributed by atoms with Gasteiger partial charge in [-0.25, -0.2) is 4.98 Å². The van der Waals surface area contributed by atoms with E-state index >= 15 is 0 Å². The first-order valence-corrected chi connectivity index (χ1v) is 4.04. The number of rotatable bonds is 3. The third kappa shape index (κ3) is 3.41. The smallest absolute Gasteiger partial charge is 0.352 e. The van der Waals surface area contributed by atoms with Gasteiger partial charge in [-0.1, -0.05) is 11.3 Å². The van der Waals surface area contributed by atoms with Crippen LogP contribution in [0.15, 0.2) is 6.20 Å². The molecular formula is C6H5F3N2OS. The molecule has 3 nitrogen and oxygen atoms in total. The molecule has 13 heavy (non-hydrogen) atoms. The Morgan fingerprint density at radius 2 is 2.31 bits per heavy atom. The van der Waals surface area contributed by atoms with E-state index in [1.807, 2.05) is 0 Å². The largest absolute Gasteiger partial charge is 0.405 e. The summed E-state index contributed by atoms with van der Waals surface area (Å²) < 4.78 is 35.0. The van der Waals surface area contributed by atoms with Gasteiger partial charge in [-0.05, 0) is 0 Å². The minimum atomic E-state index is -4.27. The molecule has 72 valence electrons. The van der Waals surface area contributed by atoms with Gasteiger partial charge < -0.3 is 5.32 Å². The molecule has 0 bridgehead atoms. The van der Waals surface area contributed by atoms with E-state index in [-0.39, 0.29) is 5.13 Å². The van der Waals surface area contributed by atoms with Crippen molar-refractivity contribution in [2.24, 2.45) is 0 Å². The van der Waals surface area contributed by atoms with E-state index in [1.54, 1.807) is 0 Å². The molecule has 1 aromatic rings. The normalized spacial score (nSPS) is 11.3. The van der Waals surface area contributed by atoms with Gasteiger partial charge in [0.2, 0.25) is 0 Å². The van der Waals surface area contributed by atoms with Crippen LogP contribution in [-0.4, -0.2) is 24.0 Å². The molecule has 0 radical (unpaired) electrons. The summed E-state index contributed by atoms with van der Waals surface area (Å²) >= 11 is 0.883. The van der Waals surface area contributed by atoms with Gasteiger partial charge in [0, 0.05) is 0 Å². The lowest BCUT2D eigenvalue weighted by atomic mass is 10.6. The van der Waals surface area contributed by atoms with Crippen molar-refractivity contribution in [3.05, 3.63) is 11.1 Å². The van der Waals surface area contributed by atoms with Crippen molar-refractivity contribution in [3.8, 4) is 0 Å². The number of thiazole rings is 1. The van der Waals surface area contributed by atoms with Crippen molar-refractivity contribution >= 4 is 22.8 Å². The predicted octanol–water partition coefficient (Wildman–Crippen LogP) is 1.93. The molecule has 1 heterocycles. The number of nitrogens with zero attached hydrogens (tertiary/aromatic N) is 1. The van der Waals surface area contributed by atoms with E-state index in [4.69, 9.17) is 0 Å². The molecule has 0 aliphatic carbocycles. The van der Waals surface area contributed by atoms with Gasteiger partial charge in [0.15, 0.2) is 11.4 Å². The molecule has 0 amide bonds. The van der Waals surface area contributed by atoms with Crippen molar-refractivity contribution in [3.63, 3.8) is 0 Å². The zero-order valence-corrected chi connectivity index (χ0v) is 7.08. The third-order valence-corrected chi connectivity index (χ3v) is 1.96. The fraction of sp³-hybridized carbons (Fsp3) is 0.333. The Kier molecular flexibility index (Phi) is 2.86. The van der Waals surface area contributed by atoms with Gasteiger partial charge >= 0.3 is 6.18 Å². The Morgan fingerprint density at radius 1 is 1.62 bits per heavy atom. The standard InChI is InChI=1S/C6H5F3N2OS/c7-6(8,9)3-11-5-10-1-4(2-12)13-5/h1-2H,3H2,(H,10,11). The van der Waals surface area contributed by atoms with Gasteiger partial charge in [0.25, 0.3) is 0 Å². The van der Waals surface area contributed by atoms with Crippen LogP contribution in [0.1, 0.15) is 9.67 Å². The van der Waals surface area contributed by atoms with Gasteiger partial charge in [-0.2, -0.15) is 13.2 Å². The Morgan fingerprint density at radius 3 is 2.77 bits per heavy atom. The number of alkyl halides is 3.